The van der Waals surface area contributed by atoms with Crippen LogP contribution in [0.1, 0.15) is 39.5 Å². The first-order chi connectivity index (χ1) is 9.52. The summed E-state index contributed by atoms with van der Waals surface area (Å²) in [4.78, 5) is 4.32. The number of rotatable bonds is 5. The largest absolute Gasteiger partial charge is 0.476 e. The average Bonchev–Trinajstić information content (AvgIpc) is 2.44. The van der Waals surface area contributed by atoms with Crippen LogP contribution >= 0.6 is 0 Å². The Morgan fingerprint density at radius 3 is 2.80 bits per heavy atom. The third-order valence-corrected chi connectivity index (χ3v) is 3.97. The highest BCUT2D eigenvalue weighted by Gasteiger charge is 2.31. The van der Waals surface area contributed by atoms with E-state index in [0.29, 0.717) is 30.5 Å². The molecule has 5 heteroatoms. The van der Waals surface area contributed by atoms with Crippen molar-refractivity contribution in [3.05, 3.63) is 12.1 Å². The fraction of sp³-hybridized carbons (Fsp3) is 0.667. The second-order valence-corrected chi connectivity index (χ2v) is 5.78. The molecule has 5 nitrogen and oxygen atoms in total. The van der Waals surface area contributed by atoms with Crippen LogP contribution in [0.25, 0.3) is 0 Å². The van der Waals surface area contributed by atoms with E-state index in [1.54, 1.807) is 6.07 Å². The van der Waals surface area contributed by atoms with Crippen LogP contribution in [0.4, 0.5) is 11.5 Å². The summed E-state index contributed by atoms with van der Waals surface area (Å²) in [6.07, 6.45) is 3.85. The first-order valence-electron chi connectivity index (χ1n) is 7.38. The topological polar surface area (TPSA) is 80.4 Å². The summed E-state index contributed by atoms with van der Waals surface area (Å²) in [6.45, 7) is 5.18. The molecule has 1 fully saturated rings. The second-order valence-electron chi connectivity index (χ2n) is 5.78. The number of hydrogen-bond donors (Lipinski definition) is 3. The fourth-order valence-corrected chi connectivity index (χ4v) is 2.53. The van der Waals surface area contributed by atoms with Gasteiger partial charge in [0.1, 0.15) is 5.82 Å². The molecule has 1 aromatic heterocycles. The molecule has 0 aromatic carbocycles. The summed E-state index contributed by atoms with van der Waals surface area (Å²) >= 11 is 0. The zero-order valence-electron chi connectivity index (χ0n) is 12.4. The maximum absolute atomic E-state index is 10.5. The molecule has 2 rings (SSSR count). The molecular weight excluding hydrogens is 254 g/mol. The summed E-state index contributed by atoms with van der Waals surface area (Å²) in [6, 6.07) is 3.58. The molecule has 0 unspecified atom stereocenters. The van der Waals surface area contributed by atoms with Gasteiger partial charge >= 0.3 is 0 Å². The lowest BCUT2D eigenvalue weighted by molar-refractivity contribution is 0.00494. The number of pyridine rings is 1. The first-order valence-corrected chi connectivity index (χ1v) is 7.38. The van der Waals surface area contributed by atoms with Gasteiger partial charge in [0.25, 0.3) is 0 Å². The summed E-state index contributed by atoms with van der Waals surface area (Å²) < 4.78 is 5.37. The molecule has 112 valence electrons. The van der Waals surface area contributed by atoms with Crippen LogP contribution in [0.5, 0.6) is 5.88 Å². The molecule has 1 aliphatic rings. The number of nitrogens with zero attached hydrogens (tertiary/aromatic N) is 1. The summed E-state index contributed by atoms with van der Waals surface area (Å²) in [5, 5.41) is 13.7. The highest BCUT2D eigenvalue weighted by atomic mass is 16.5. The minimum atomic E-state index is -0.624. The fourth-order valence-electron chi connectivity index (χ4n) is 2.53. The van der Waals surface area contributed by atoms with Gasteiger partial charge in [-0.05, 0) is 50.7 Å². The van der Waals surface area contributed by atoms with Gasteiger partial charge in [-0.3, -0.25) is 0 Å². The molecule has 1 aromatic rings. The van der Waals surface area contributed by atoms with Crippen molar-refractivity contribution in [2.24, 2.45) is 5.92 Å². The SMILES string of the molecule is CCOc1nc(NCC2(O)CCC(C)CC2)ccc1N. The van der Waals surface area contributed by atoms with Crippen LogP contribution in [0.3, 0.4) is 0 Å². The van der Waals surface area contributed by atoms with Crippen molar-refractivity contribution in [1.82, 2.24) is 4.98 Å². The predicted molar refractivity (Wildman–Crippen MR) is 80.9 cm³/mol. The molecule has 0 atom stereocenters. The predicted octanol–water partition coefficient (Wildman–Crippen LogP) is 2.42. The minimum absolute atomic E-state index is 0.446. The lowest BCUT2D eigenvalue weighted by Crippen LogP contribution is -2.40. The van der Waals surface area contributed by atoms with E-state index < -0.39 is 5.60 Å². The number of ether oxygens (including phenoxy) is 1. The van der Waals surface area contributed by atoms with E-state index in [-0.39, 0.29) is 0 Å². The van der Waals surface area contributed by atoms with Crippen LogP contribution in [0.15, 0.2) is 12.1 Å². The van der Waals surface area contributed by atoms with Crippen molar-refractivity contribution in [2.45, 2.75) is 45.1 Å². The van der Waals surface area contributed by atoms with E-state index >= 15 is 0 Å². The van der Waals surface area contributed by atoms with Crippen LogP contribution in [0, 0.1) is 5.92 Å². The number of nitrogens with one attached hydrogen (secondary N) is 1. The molecule has 1 aliphatic carbocycles. The Morgan fingerprint density at radius 2 is 2.15 bits per heavy atom. The van der Waals surface area contributed by atoms with Gasteiger partial charge in [0, 0.05) is 6.54 Å². The molecule has 0 amide bonds. The number of aliphatic hydroxyl groups is 1. The highest BCUT2D eigenvalue weighted by Crippen LogP contribution is 2.32. The maximum Gasteiger partial charge on any atom is 0.239 e. The molecular formula is C15H25N3O2. The third kappa shape index (κ3) is 3.76. The number of nitrogens with two attached hydrogens (primary N) is 1. The Hall–Kier alpha value is -1.49. The molecule has 20 heavy (non-hydrogen) atoms. The lowest BCUT2D eigenvalue weighted by Gasteiger charge is -2.35. The smallest absolute Gasteiger partial charge is 0.239 e. The summed E-state index contributed by atoms with van der Waals surface area (Å²) in [5.74, 6) is 1.85. The van der Waals surface area contributed by atoms with Gasteiger partial charge in [0.05, 0.1) is 17.9 Å². The van der Waals surface area contributed by atoms with E-state index in [2.05, 4.69) is 17.2 Å². The summed E-state index contributed by atoms with van der Waals surface area (Å²) in [5.41, 5.74) is 5.70. The average molecular weight is 279 g/mol. The van der Waals surface area contributed by atoms with Crippen LogP contribution in [-0.4, -0.2) is 28.8 Å². The van der Waals surface area contributed by atoms with E-state index in [1.165, 1.54) is 0 Å². The quantitative estimate of drug-likeness (QED) is 0.771. The molecule has 1 saturated carbocycles. The van der Waals surface area contributed by atoms with E-state index in [0.717, 1.165) is 31.6 Å². The number of hydrogen-bond acceptors (Lipinski definition) is 5. The molecule has 0 aliphatic heterocycles. The van der Waals surface area contributed by atoms with Gasteiger partial charge in [-0.15, -0.1) is 0 Å². The molecule has 4 N–H and O–H groups in total. The van der Waals surface area contributed by atoms with Crippen molar-refractivity contribution < 1.29 is 9.84 Å². The molecule has 0 saturated heterocycles. The third-order valence-electron chi connectivity index (χ3n) is 3.97. The minimum Gasteiger partial charge on any atom is -0.476 e. The van der Waals surface area contributed by atoms with E-state index in [1.807, 2.05) is 13.0 Å². The van der Waals surface area contributed by atoms with Crippen molar-refractivity contribution in [1.29, 1.82) is 0 Å². The monoisotopic (exact) mass is 279 g/mol. The zero-order valence-corrected chi connectivity index (χ0v) is 12.4. The number of nitrogen functional groups attached to an aromatic ring is 1. The molecule has 0 bridgehead atoms. The van der Waals surface area contributed by atoms with Crippen molar-refractivity contribution >= 4 is 11.5 Å². The molecule has 0 radical (unpaired) electrons. The Morgan fingerprint density at radius 1 is 1.45 bits per heavy atom. The standard InChI is InChI=1S/C15H25N3O2/c1-3-20-14-12(16)4-5-13(18-14)17-10-15(19)8-6-11(2)7-9-15/h4-5,11,19H,3,6-10,16H2,1-2H3,(H,17,18). The van der Waals surface area contributed by atoms with Gasteiger partial charge in [-0.2, -0.15) is 4.98 Å². The van der Waals surface area contributed by atoms with Gasteiger partial charge in [0.15, 0.2) is 0 Å². The van der Waals surface area contributed by atoms with Crippen molar-refractivity contribution in [3.63, 3.8) is 0 Å². The van der Waals surface area contributed by atoms with Crippen LogP contribution < -0.4 is 15.8 Å². The van der Waals surface area contributed by atoms with E-state index in [4.69, 9.17) is 10.5 Å². The Labute approximate surface area is 120 Å². The lowest BCUT2D eigenvalue weighted by atomic mass is 9.79. The van der Waals surface area contributed by atoms with Gasteiger partial charge < -0.3 is 20.9 Å². The molecule has 1 heterocycles. The Bertz CT molecular complexity index is 443. The van der Waals surface area contributed by atoms with Gasteiger partial charge in [0.2, 0.25) is 5.88 Å². The number of anilines is 2. The summed E-state index contributed by atoms with van der Waals surface area (Å²) in [7, 11) is 0. The van der Waals surface area contributed by atoms with Crippen LogP contribution in [0.2, 0.25) is 0 Å². The van der Waals surface area contributed by atoms with Crippen LogP contribution in [-0.2, 0) is 0 Å². The van der Waals surface area contributed by atoms with E-state index in [9.17, 15) is 5.11 Å². The normalized spacial score (nSPS) is 26.2. The van der Waals surface area contributed by atoms with Gasteiger partial charge in [-0.1, -0.05) is 6.92 Å². The number of aromatic nitrogens is 1. The Balaban J connectivity index is 1.95. The second kappa shape index (κ2) is 6.31. The first kappa shape index (κ1) is 14.9. The Kier molecular flexibility index (Phi) is 4.70. The van der Waals surface area contributed by atoms with Crippen molar-refractivity contribution in [3.8, 4) is 5.88 Å². The maximum atomic E-state index is 10.5. The molecule has 0 spiro atoms. The van der Waals surface area contributed by atoms with Gasteiger partial charge in [-0.25, -0.2) is 0 Å². The highest BCUT2D eigenvalue weighted by molar-refractivity contribution is 5.53. The zero-order chi connectivity index (χ0) is 14.6. The van der Waals surface area contributed by atoms with Crippen molar-refractivity contribution in [2.75, 3.05) is 24.2 Å².